The molecule has 1 rings (SSSR count). The minimum absolute atomic E-state index is 0.0947. The van der Waals surface area contributed by atoms with Crippen molar-refractivity contribution < 1.29 is 10.0 Å². The van der Waals surface area contributed by atoms with E-state index < -0.39 is 0 Å². The van der Waals surface area contributed by atoms with E-state index in [2.05, 4.69) is 29.2 Å². The van der Waals surface area contributed by atoms with E-state index in [-0.39, 0.29) is 17.9 Å². The Morgan fingerprint density at radius 3 is 2.74 bits per heavy atom. The number of likely N-dealkylation sites (tertiary alicyclic amines) is 1. The highest BCUT2D eigenvalue weighted by molar-refractivity contribution is 5.87. The second kappa shape index (κ2) is 7.48. The molecule has 1 aliphatic heterocycles. The Hall–Kier alpha value is -1.10. The second-order valence-corrected chi connectivity index (χ2v) is 5.89. The molecule has 1 heterocycles. The van der Waals surface area contributed by atoms with Gasteiger partial charge in [-0.25, -0.2) is 0 Å². The molecule has 0 aromatic heterocycles. The molecular formula is C14H27N3O2. The van der Waals surface area contributed by atoms with Crippen molar-refractivity contribution in [1.82, 2.24) is 10.2 Å². The minimum Gasteiger partial charge on any atom is -0.411 e. The topological polar surface area (TPSA) is 64.9 Å². The van der Waals surface area contributed by atoms with Gasteiger partial charge in [-0.1, -0.05) is 25.9 Å². The van der Waals surface area contributed by atoms with Crippen LogP contribution in [0.25, 0.3) is 0 Å². The Morgan fingerprint density at radius 2 is 2.21 bits per heavy atom. The van der Waals surface area contributed by atoms with Crippen molar-refractivity contribution in [1.29, 1.82) is 0 Å². The number of amides is 1. The Bertz CT molecular complexity index is 329. The normalized spacial score (nSPS) is 24.7. The zero-order valence-corrected chi connectivity index (χ0v) is 12.5. The van der Waals surface area contributed by atoms with Gasteiger partial charge in [0.1, 0.15) is 0 Å². The predicted molar refractivity (Wildman–Crippen MR) is 76.5 cm³/mol. The first-order valence-corrected chi connectivity index (χ1v) is 7.18. The van der Waals surface area contributed by atoms with E-state index in [0.29, 0.717) is 5.92 Å². The second-order valence-electron chi connectivity index (χ2n) is 5.89. The fourth-order valence-corrected chi connectivity index (χ4v) is 2.35. The first-order valence-electron chi connectivity index (χ1n) is 7.18. The van der Waals surface area contributed by atoms with Crippen molar-refractivity contribution in [3.05, 3.63) is 0 Å². The van der Waals surface area contributed by atoms with Crippen molar-refractivity contribution in [2.75, 3.05) is 19.6 Å². The number of hydrogen-bond acceptors (Lipinski definition) is 4. The van der Waals surface area contributed by atoms with Gasteiger partial charge in [-0.15, -0.1) is 0 Å². The zero-order chi connectivity index (χ0) is 14.4. The smallest absolute Gasteiger partial charge is 0.237 e. The van der Waals surface area contributed by atoms with Gasteiger partial charge in [-0.3, -0.25) is 9.69 Å². The minimum atomic E-state index is -0.116. The maximum absolute atomic E-state index is 12.0. The number of carbonyl (C=O) groups is 1. The van der Waals surface area contributed by atoms with Crippen molar-refractivity contribution in [2.45, 2.75) is 46.6 Å². The lowest BCUT2D eigenvalue weighted by Gasteiger charge is -2.35. The number of piperidine rings is 1. The van der Waals surface area contributed by atoms with Crippen LogP contribution in [0, 0.1) is 11.8 Å². The summed E-state index contributed by atoms with van der Waals surface area (Å²) in [5, 5.41) is 15.2. The van der Waals surface area contributed by atoms with E-state index in [1.807, 2.05) is 13.8 Å². The van der Waals surface area contributed by atoms with Gasteiger partial charge in [0.25, 0.3) is 0 Å². The largest absolute Gasteiger partial charge is 0.411 e. The van der Waals surface area contributed by atoms with E-state index in [0.717, 1.165) is 38.2 Å². The van der Waals surface area contributed by atoms with Gasteiger partial charge in [0, 0.05) is 32.0 Å². The molecule has 1 fully saturated rings. The number of oxime groups is 1. The summed E-state index contributed by atoms with van der Waals surface area (Å²) in [7, 11) is 0. The van der Waals surface area contributed by atoms with Gasteiger partial charge in [0.2, 0.25) is 5.91 Å². The van der Waals surface area contributed by atoms with Crippen molar-refractivity contribution >= 4 is 11.6 Å². The Labute approximate surface area is 116 Å². The standard InChI is InChI=1S/C14H27N3O2/c1-10(2)5-7-15-14(18)12(4)17-8-6-13(16-19)11(3)9-17/h10-12,19H,5-9H2,1-4H3,(H,15,18). The molecule has 0 aliphatic carbocycles. The van der Waals surface area contributed by atoms with Crippen LogP contribution in [0.15, 0.2) is 5.16 Å². The molecule has 110 valence electrons. The summed E-state index contributed by atoms with van der Waals surface area (Å²) < 4.78 is 0. The lowest BCUT2D eigenvalue weighted by atomic mass is 9.96. The van der Waals surface area contributed by atoms with E-state index in [9.17, 15) is 4.79 Å². The highest BCUT2D eigenvalue weighted by Gasteiger charge is 2.28. The summed E-state index contributed by atoms with van der Waals surface area (Å²) in [6.45, 7) is 10.6. The van der Waals surface area contributed by atoms with Crippen molar-refractivity contribution in [2.24, 2.45) is 17.0 Å². The molecule has 19 heavy (non-hydrogen) atoms. The first-order chi connectivity index (χ1) is 8.95. The number of rotatable bonds is 5. The van der Waals surface area contributed by atoms with Crippen LogP contribution >= 0.6 is 0 Å². The Balaban J connectivity index is 2.41. The zero-order valence-electron chi connectivity index (χ0n) is 12.5. The fourth-order valence-electron chi connectivity index (χ4n) is 2.35. The molecule has 0 radical (unpaired) electrons. The molecule has 5 nitrogen and oxygen atoms in total. The average Bonchev–Trinajstić information content (AvgIpc) is 2.37. The molecule has 5 heteroatoms. The molecule has 1 saturated heterocycles. The fraction of sp³-hybridized carbons (Fsp3) is 0.857. The quantitative estimate of drug-likeness (QED) is 0.590. The molecule has 2 unspecified atom stereocenters. The van der Waals surface area contributed by atoms with Crippen LogP contribution in [0.2, 0.25) is 0 Å². The van der Waals surface area contributed by atoms with Gasteiger partial charge in [0.05, 0.1) is 11.8 Å². The van der Waals surface area contributed by atoms with Crippen LogP contribution in [0.3, 0.4) is 0 Å². The SMILES string of the molecule is CC(C)CCNC(=O)C(C)N1CCC(=NO)C(C)C1. The maximum Gasteiger partial charge on any atom is 0.237 e. The van der Waals surface area contributed by atoms with Gasteiger partial charge in [-0.2, -0.15) is 0 Å². The average molecular weight is 269 g/mol. The molecular weight excluding hydrogens is 242 g/mol. The molecule has 2 atom stereocenters. The van der Waals surface area contributed by atoms with Gasteiger partial charge < -0.3 is 10.5 Å². The number of nitrogens with one attached hydrogen (secondary N) is 1. The summed E-state index contributed by atoms with van der Waals surface area (Å²) in [6.07, 6.45) is 1.75. The molecule has 2 N–H and O–H groups in total. The molecule has 0 saturated carbocycles. The summed E-state index contributed by atoms with van der Waals surface area (Å²) in [5.74, 6) is 0.913. The van der Waals surface area contributed by atoms with Crippen molar-refractivity contribution in [3.8, 4) is 0 Å². The lowest BCUT2D eigenvalue weighted by molar-refractivity contribution is -0.126. The summed E-state index contributed by atoms with van der Waals surface area (Å²) in [4.78, 5) is 14.2. The Kier molecular flexibility index (Phi) is 6.28. The van der Waals surface area contributed by atoms with E-state index in [1.54, 1.807) is 0 Å². The van der Waals surface area contributed by atoms with Gasteiger partial charge >= 0.3 is 0 Å². The molecule has 0 aromatic rings. The third-order valence-electron chi connectivity index (χ3n) is 3.81. The van der Waals surface area contributed by atoms with Crippen molar-refractivity contribution in [3.63, 3.8) is 0 Å². The first kappa shape index (κ1) is 16.0. The predicted octanol–water partition coefficient (Wildman–Crippen LogP) is 1.71. The number of hydrogen-bond donors (Lipinski definition) is 2. The highest BCUT2D eigenvalue weighted by atomic mass is 16.4. The highest BCUT2D eigenvalue weighted by Crippen LogP contribution is 2.16. The summed E-state index contributed by atoms with van der Waals surface area (Å²) >= 11 is 0. The summed E-state index contributed by atoms with van der Waals surface area (Å²) in [5.41, 5.74) is 0.837. The van der Waals surface area contributed by atoms with Crippen LogP contribution in [-0.2, 0) is 4.79 Å². The van der Waals surface area contributed by atoms with Crippen LogP contribution in [0.4, 0.5) is 0 Å². The van der Waals surface area contributed by atoms with E-state index >= 15 is 0 Å². The van der Waals surface area contributed by atoms with Crippen LogP contribution in [0.5, 0.6) is 0 Å². The third-order valence-corrected chi connectivity index (χ3v) is 3.81. The van der Waals surface area contributed by atoms with Gasteiger partial charge in [-0.05, 0) is 19.3 Å². The molecule has 0 spiro atoms. The van der Waals surface area contributed by atoms with Crippen LogP contribution in [0.1, 0.15) is 40.5 Å². The summed E-state index contributed by atoms with van der Waals surface area (Å²) in [6, 6.07) is -0.116. The number of nitrogens with zero attached hydrogens (tertiary/aromatic N) is 2. The van der Waals surface area contributed by atoms with E-state index in [1.165, 1.54) is 0 Å². The van der Waals surface area contributed by atoms with Crippen LogP contribution < -0.4 is 5.32 Å². The van der Waals surface area contributed by atoms with Gasteiger partial charge in [0.15, 0.2) is 0 Å². The Morgan fingerprint density at radius 1 is 1.53 bits per heavy atom. The molecule has 1 amide bonds. The monoisotopic (exact) mass is 269 g/mol. The number of carbonyl (C=O) groups excluding carboxylic acids is 1. The molecule has 0 bridgehead atoms. The third kappa shape index (κ3) is 4.82. The molecule has 0 aromatic carbocycles. The van der Waals surface area contributed by atoms with Crippen LogP contribution in [-0.4, -0.2) is 47.4 Å². The maximum atomic E-state index is 12.0. The lowest BCUT2D eigenvalue weighted by Crippen LogP contribution is -2.50. The molecule has 1 aliphatic rings. The van der Waals surface area contributed by atoms with E-state index in [4.69, 9.17) is 5.21 Å².